The third-order valence-electron chi connectivity index (χ3n) is 3.91. The number of unbranched alkanes of at least 4 members (excludes halogenated alkanes) is 1. The molecule has 1 aliphatic carbocycles. The zero-order valence-corrected chi connectivity index (χ0v) is 12.8. The van der Waals surface area contributed by atoms with E-state index >= 15 is 0 Å². The summed E-state index contributed by atoms with van der Waals surface area (Å²) < 4.78 is 5.29. The van der Waals surface area contributed by atoms with E-state index in [1.165, 1.54) is 43.5 Å². The Balaban J connectivity index is 1.65. The lowest BCUT2D eigenvalue weighted by molar-refractivity contribution is 0.290. The van der Waals surface area contributed by atoms with E-state index in [4.69, 9.17) is 4.74 Å². The van der Waals surface area contributed by atoms with E-state index in [1.54, 1.807) is 7.11 Å². The first-order valence-corrected chi connectivity index (χ1v) is 8.59. The van der Waals surface area contributed by atoms with Crippen LogP contribution >= 0.6 is 11.8 Å². The van der Waals surface area contributed by atoms with Gasteiger partial charge in [0.05, 0.1) is 7.11 Å². The van der Waals surface area contributed by atoms with Gasteiger partial charge in [-0.05, 0) is 67.9 Å². The smallest absolute Gasteiger partial charge is 0.119 e. The summed E-state index contributed by atoms with van der Waals surface area (Å²) in [5, 5.41) is 3.67. The Morgan fingerprint density at radius 1 is 1.32 bits per heavy atom. The second-order valence-electron chi connectivity index (χ2n) is 5.30. The van der Waals surface area contributed by atoms with E-state index in [9.17, 15) is 0 Å². The lowest BCUT2D eigenvalue weighted by atomic mass is 9.76. The molecule has 1 fully saturated rings. The molecule has 1 saturated carbocycles. The fourth-order valence-electron chi connectivity index (χ4n) is 2.63. The second-order valence-corrected chi connectivity index (χ2v) is 6.28. The second kappa shape index (κ2) is 7.81. The van der Waals surface area contributed by atoms with Crippen LogP contribution in [0.2, 0.25) is 0 Å². The molecule has 3 heteroatoms. The van der Waals surface area contributed by atoms with Gasteiger partial charge in [0.2, 0.25) is 0 Å². The molecule has 1 aromatic carbocycles. The van der Waals surface area contributed by atoms with Gasteiger partial charge in [0.1, 0.15) is 5.75 Å². The average molecular weight is 279 g/mol. The molecular formula is C16H25NOS. The van der Waals surface area contributed by atoms with E-state index < -0.39 is 0 Å². The first-order chi connectivity index (χ1) is 9.33. The molecule has 2 rings (SSSR count). The topological polar surface area (TPSA) is 21.3 Å². The quantitative estimate of drug-likeness (QED) is 0.734. The van der Waals surface area contributed by atoms with Crippen molar-refractivity contribution >= 4 is 11.8 Å². The van der Waals surface area contributed by atoms with Crippen molar-refractivity contribution in [2.45, 2.75) is 37.6 Å². The van der Waals surface area contributed by atoms with Crippen molar-refractivity contribution in [2.24, 2.45) is 0 Å². The van der Waals surface area contributed by atoms with E-state index in [0.717, 1.165) is 17.7 Å². The van der Waals surface area contributed by atoms with Crippen LogP contribution in [0, 0.1) is 0 Å². The summed E-state index contributed by atoms with van der Waals surface area (Å²) in [5.74, 6) is 2.99. The van der Waals surface area contributed by atoms with Crippen molar-refractivity contribution in [3.8, 4) is 5.75 Å². The molecule has 0 heterocycles. The Hall–Kier alpha value is -0.670. The number of benzene rings is 1. The van der Waals surface area contributed by atoms with Gasteiger partial charge in [0.15, 0.2) is 0 Å². The molecular weight excluding hydrogens is 254 g/mol. The van der Waals surface area contributed by atoms with Gasteiger partial charge in [-0.1, -0.05) is 12.1 Å². The SMILES string of the molecule is COc1cccc(C2CC(NCCCCSC)C2)c1. The average Bonchev–Trinajstić information content (AvgIpc) is 2.40. The summed E-state index contributed by atoms with van der Waals surface area (Å²) in [6.45, 7) is 1.18. The Kier molecular flexibility index (Phi) is 6.05. The highest BCUT2D eigenvalue weighted by Gasteiger charge is 2.29. The molecule has 0 bridgehead atoms. The van der Waals surface area contributed by atoms with Crippen LogP contribution in [0.1, 0.15) is 37.2 Å². The van der Waals surface area contributed by atoms with E-state index in [0.29, 0.717) is 0 Å². The maximum absolute atomic E-state index is 5.29. The lowest BCUT2D eigenvalue weighted by Gasteiger charge is -2.36. The first-order valence-electron chi connectivity index (χ1n) is 7.19. The van der Waals surface area contributed by atoms with Crippen LogP contribution in [0.25, 0.3) is 0 Å². The predicted octanol–water partition coefficient (Wildman–Crippen LogP) is 3.67. The Morgan fingerprint density at radius 2 is 2.16 bits per heavy atom. The third kappa shape index (κ3) is 4.43. The molecule has 19 heavy (non-hydrogen) atoms. The van der Waals surface area contributed by atoms with E-state index in [-0.39, 0.29) is 0 Å². The van der Waals surface area contributed by atoms with Gasteiger partial charge >= 0.3 is 0 Å². The monoisotopic (exact) mass is 279 g/mol. The minimum Gasteiger partial charge on any atom is -0.497 e. The molecule has 0 unspecified atom stereocenters. The zero-order chi connectivity index (χ0) is 13.5. The zero-order valence-electron chi connectivity index (χ0n) is 12.0. The fourth-order valence-corrected chi connectivity index (χ4v) is 3.12. The normalized spacial score (nSPS) is 22.0. The summed E-state index contributed by atoms with van der Waals surface area (Å²) in [4.78, 5) is 0. The van der Waals surface area contributed by atoms with Gasteiger partial charge in [-0.25, -0.2) is 0 Å². The molecule has 0 aromatic heterocycles. The molecule has 0 radical (unpaired) electrons. The third-order valence-corrected chi connectivity index (χ3v) is 4.61. The molecule has 106 valence electrons. The van der Waals surface area contributed by atoms with Crippen LogP contribution < -0.4 is 10.1 Å². The van der Waals surface area contributed by atoms with Crippen LogP contribution in [0.3, 0.4) is 0 Å². The van der Waals surface area contributed by atoms with Crippen molar-refractivity contribution in [3.63, 3.8) is 0 Å². The van der Waals surface area contributed by atoms with Crippen LogP contribution in [0.4, 0.5) is 0 Å². The largest absolute Gasteiger partial charge is 0.497 e. The van der Waals surface area contributed by atoms with Crippen LogP contribution in [0.15, 0.2) is 24.3 Å². The molecule has 1 N–H and O–H groups in total. The number of rotatable bonds is 8. The summed E-state index contributed by atoms with van der Waals surface area (Å²) in [7, 11) is 1.73. The maximum atomic E-state index is 5.29. The number of hydrogen-bond donors (Lipinski definition) is 1. The molecule has 2 nitrogen and oxygen atoms in total. The van der Waals surface area contributed by atoms with Gasteiger partial charge in [-0.15, -0.1) is 0 Å². The Morgan fingerprint density at radius 3 is 2.89 bits per heavy atom. The molecule has 0 saturated heterocycles. The number of thioether (sulfide) groups is 1. The first kappa shape index (κ1) is 14.7. The van der Waals surface area contributed by atoms with Crippen molar-refractivity contribution in [2.75, 3.05) is 25.7 Å². The Labute approximate surface area is 121 Å². The Bertz CT molecular complexity index is 377. The predicted molar refractivity (Wildman–Crippen MR) is 84.4 cm³/mol. The van der Waals surface area contributed by atoms with E-state index in [1.807, 2.05) is 17.8 Å². The fraction of sp³-hybridized carbons (Fsp3) is 0.625. The van der Waals surface area contributed by atoms with Crippen LogP contribution in [0.5, 0.6) is 5.75 Å². The minimum atomic E-state index is 0.721. The lowest BCUT2D eigenvalue weighted by Crippen LogP contribution is -2.40. The minimum absolute atomic E-state index is 0.721. The van der Waals surface area contributed by atoms with Crippen molar-refractivity contribution in [1.82, 2.24) is 5.32 Å². The molecule has 0 atom stereocenters. The van der Waals surface area contributed by atoms with Crippen molar-refractivity contribution in [3.05, 3.63) is 29.8 Å². The van der Waals surface area contributed by atoms with Crippen LogP contribution in [-0.4, -0.2) is 31.7 Å². The maximum Gasteiger partial charge on any atom is 0.119 e. The van der Waals surface area contributed by atoms with Crippen molar-refractivity contribution < 1.29 is 4.74 Å². The number of nitrogens with one attached hydrogen (secondary N) is 1. The molecule has 0 aliphatic heterocycles. The summed E-state index contributed by atoms with van der Waals surface area (Å²) >= 11 is 1.94. The van der Waals surface area contributed by atoms with Gasteiger partial charge in [0.25, 0.3) is 0 Å². The highest BCUT2D eigenvalue weighted by molar-refractivity contribution is 7.98. The number of ether oxygens (including phenoxy) is 1. The van der Waals surface area contributed by atoms with Gasteiger partial charge < -0.3 is 10.1 Å². The van der Waals surface area contributed by atoms with E-state index in [2.05, 4.69) is 29.8 Å². The summed E-state index contributed by atoms with van der Waals surface area (Å²) in [6.07, 6.45) is 7.37. The highest BCUT2D eigenvalue weighted by Crippen LogP contribution is 2.37. The number of methoxy groups -OCH3 is 1. The van der Waals surface area contributed by atoms with Gasteiger partial charge in [-0.2, -0.15) is 11.8 Å². The van der Waals surface area contributed by atoms with Crippen LogP contribution in [-0.2, 0) is 0 Å². The summed E-state index contributed by atoms with van der Waals surface area (Å²) in [5.41, 5.74) is 1.43. The molecule has 0 amide bonds. The van der Waals surface area contributed by atoms with Gasteiger partial charge in [0, 0.05) is 6.04 Å². The highest BCUT2D eigenvalue weighted by atomic mass is 32.2. The van der Waals surface area contributed by atoms with Crippen molar-refractivity contribution in [1.29, 1.82) is 0 Å². The van der Waals surface area contributed by atoms with Gasteiger partial charge in [-0.3, -0.25) is 0 Å². The summed E-state index contributed by atoms with van der Waals surface area (Å²) in [6, 6.07) is 9.24. The number of hydrogen-bond acceptors (Lipinski definition) is 3. The molecule has 0 spiro atoms. The molecule has 1 aliphatic rings. The standard InChI is InChI=1S/C16H25NOS/c1-18-16-7-5-6-13(12-16)14-10-15(11-14)17-8-3-4-9-19-2/h5-7,12,14-15,17H,3-4,8-11H2,1-2H3. The molecule has 1 aromatic rings.